The average molecular weight is 345 g/mol. The van der Waals surface area contributed by atoms with Crippen molar-refractivity contribution in [3.63, 3.8) is 0 Å². The highest BCUT2D eigenvalue weighted by Crippen LogP contribution is 2.26. The summed E-state index contributed by atoms with van der Waals surface area (Å²) in [5.41, 5.74) is 0.310. The van der Waals surface area contributed by atoms with Gasteiger partial charge < -0.3 is 10.0 Å². The number of nitrogens with zero attached hydrogens (tertiary/aromatic N) is 2. The molecule has 1 aromatic rings. The molecular formula is C15H18Cl2N2O3. The predicted molar refractivity (Wildman–Crippen MR) is 85.7 cm³/mol. The number of aliphatic carboxylic acids is 1. The summed E-state index contributed by atoms with van der Waals surface area (Å²) in [7, 11) is 0. The maximum absolute atomic E-state index is 12.5. The summed E-state index contributed by atoms with van der Waals surface area (Å²) in [5.74, 6) is -1.03. The summed E-state index contributed by atoms with van der Waals surface area (Å²) in [4.78, 5) is 27.3. The molecule has 7 heteroatoms. The van der Waals surface area contributed by atoms with E-state index in [-0.39, 0.29) is 5.91 Å². The fourth-order valence-electron chi connectivity index (χ4n) is 2.69. The minimum Gasteiger partial charge on any atom is -0.480 e. The van der Waals surface area contributed by atoms with Gasteiger partial charge in [-0.05, 0) is 18.6 Å². The lowest BCUT2D eigenvalue weighted by Crippen LogP contribution is -2.53. The molecule has 1 N–H and O–H groups in total. The maximum atomic E-state index is 12.5. The van der Waals surface area contributed by atoms with E-state index < -0.39 is 12.0 Å². The lowest BCUT2D eigenvalue weighted by Gasteiger charge is -2.37. The molecule has 0 radical (unpaired) electrons. The van der Waals surface area contributed by atoms with Gasteiger partial charge in [0.05, 0.1) is 15.6 Å². The van der Waals surface area contributed by atoms with Crippen LogP contribution in [0.2, 0.25) is 10.0 Å². The number of hydrogen-bond acceptors (Lipinski definition) is 3. The van der Waals surface area contributed by atoms with Crippen LogP contribution in [0.3, 0.4) is 0 Å². The van der Waals surface area contributed by atoms with E-state index in [4.69, 9.17) is 23.2 Å². The van der Waals surface area contributed by atoms with E-state index in [0.29, 0.717) is 48.2 Å². The molecule has 2 rings (SSSR count). The summed E-state index contributed by atoms with van der Waals surface area (Å²) in [6, 6.07) is 4.46. The van der Waals surface area contributed by atoms with Gasteiger partial charge in [0.15, 0.2) is 0 Å². The van der Waals surface area contributed by atoms with Crippen LogP contribution in [0.15, 0.2) is 18.2 Å². The van der Waals surface area contributed by atoms with Gasteiger partial charge in [0.2, 0.25) is 0 Å². The molecule has 1 saturated heterocycles. The molecule has 0 bridgehead atoms. The van der Waals surface area contributed by atoms with Crippen molar-refractivity contribution in [3.8, 4) is 0 Å². The molecule has 1 atom stereocenters. The van der Waals surface area contributed by atoms with Gasteiger partial charge in [-0.1, -0.05) is 36.2 Å². The number of carbonyl (C=O) groups excluding carboxylic acids is 1. The molecule has 0 saturated carbocycles. The Morgan fingerprint density at radius 1 is 1.18 bits per heavy atom. The number of carboxylic acids is 1. The van der Waals surface area contributed by atoms with Crippen molar-refractivity contribution in [3.05, 3.63) is 33.8 Å². The number of carboxylic acid groups (broad SMARTS) is 1. The third kappa shape index (κ3) is 3.54. The quantitative estimate of drug-likeness (QED) is 0.911. The first-order valence-corrected chi connectivity index (χ1v) is 7.91. The number of benzene rings is 1. The Balaban J connectivity index is 2.05. The van der Waals surface area contributed by atoms with E-state index >= 15 is 0 Å². The topological polar surface area (TPSA) is 60.9 Å². The zero-order valence-electron chi connectivity index (χ0n) is 12.3. The van der Waals surface area contributed by atoms with E-state index in [1.54, 1.807) is 23.1 Å². The Morgan fingerprint density at radius 2 is 1.73 bits per heavy atom. The van der Waals surface area contributed by atoms with E-state index in [1.807, 2.05) is 11.8 Å². The van der Waals surface area contributed by atoms with Crippen LogP contribution in [0.5, 0.6) is 0 Å². The first kappa shape index (κ1) is 17.1. The predicted octanol–water partition coefficient (Wildman–Crippen LogP) is 2.61. The van der Waals surface area contributed by atoms with E-state index in [1.165, 1.54) is 0 Å². The third-order valence-corrected chi connectivity index (χ3v) is 4.52. The molecule has 1 amide bonds. The molecule has 1 aliphatic heterocycles. The van der Waals surface area contributed by atoms with Crippen LogP contribution in [-0.4, -0.2) is 59.0 Å². The van der Waals surface area contributed by atoms with Gasteiger partial charge in [-0.2, -0.15) is 0 Å². The summed E-state index contributed by atoms with van der Waals surface area (Å²) < 4.78 is 0. The second kappa shape index (κ2) is 7.31. The Morgan fingerprint density at radius 3 is 2.18 bits per heavy atom. The Labute approximate surface area is 139 Å². The minimum absolute atomic E-state index is 0.210. The van der Waals surface area contributed by atoms with Crippen molar-refractivity contribution < 1.29 is 14.7 Å². The van der Waals surface area contributed by atoms with Crippen molar-refractivity contribution in [2.45, 2.75) is 19.4 Å². The number of amides is 1. The van der Waals surface area contributed by atoms with Crippen LogP contribution in [0, 0.1) is 0 Å². The fourth-order valence-corrected chi connectivity index (χ4v) is 3.25. The van der Waals surface area contributed by atoms with E-state index in [9.17, 15) is 14.7 Å². The molecule has 120 valence electrons. The van der Waals surface area contributed by atoms with Gasteiger partial charge in [0, 0.05) is 26.2 Å². The van der Waals surface area contributed by atoms with Crippen molar-refractivity contribution in [1.29, 1.82) is 0 Å². The fraction of sp³-hybridized carbons (Fsp3) is 0.467. The number of piperazine rings is 1. The van der Waals surface area contributed by atoms with Crippen molar-refractivity contribution in [2.24, 2.45) is 0 Å². The van der Waals surface area contributed by atoms with Crippen molar-refractivity contribution in [2.75, 3.05) is 26.2 Å². The van der Waals surface area contributed by atoms with Crippen molar-refractivity contribution >= 4 is 35.1 Å². The Hall–Kier alpha value is -1.30. The van der Waals surface area contributed by atoms with Gasteiger partial charge in [0.1, 0.15) is 6.04 Å². The van der Waals surface area contributed by atoms with Crippen LogP contribution >= 0.6 is 23.2 Å². The molecule has 1 fully saturated rings. The normalized spacial score (nSPS) is 17.3. The molecule has 22 heavy (non-hydrogen) atoms. The third-order valence-electron chi connectivity index (χ3n) is 3.89. The molecule has 0 aromatic heterocycles. The smallest absolute Gasteiger partial charge is 0.320 e. The molecule has 0 aliphatic carbocycles. The second-order valence-electron chi connectivity index (χ2n) is 5.19. The summed E-state index contributed by atoms with van der Waals surface area (Å²) in [6.45, 7) is 3.82. The molecule has 1 unspecified atom stereocenters. The van der Waals surface area contributed by atoms with E-state index in [2.05, 4.69) is 0 Å². The number of carbonyl (C=O) groups is 2. The zero-order valence-corrected chi connectivity index (χ0v) is 13.8. The number of rotatable bonds is 4. The second-order valence-corrected chi connectivity index (χ2v) is 6.00. The highest BCUT2D eigenvalue weighted by Gasteiger charge is 2.30. The lowest BCUT2D eigenvalue weighted by atomic mass is 10.1. The van der Waals surface area contributed by atoms with Gasteiger partial charge in [-0.15, -0.1) is 0 Å². The van der Waals surface area contributed by atoms with Gasteiger partial charge >= 0.3 is 5.97 Å². The highest BCUT2D eigenvalue weighted by molar-refractivity contribution is 6.39. The molecule has 1 aliphatic rings. The van der Waals surface area contributed by atoms with Gasteiger partial charge in [-0.25, -0.2) is 0 Å². The summed E-state index contributed by atoms with van der Waals surface area (Å²) in [6.07, 6.45) is 0.541. The summed E-state index contributed by atoms with van der Waals surface area (Å²) >= 11 is 12.1. The highest BCUT2D eigenvalue weighted by atomic mass is 35.5. The monoisotopic (exact) mass is 344 g/mol. The van der Waals surface area contributed by atoms with Crippen LogP contribution in [0.4, 0.5) is 0 Å². The molecular weight excluding hydrogens is 327 g/mol. The largest absolute Gasteiger partial charge is 0.480 e. The first-order chi connectivity index (χ1) is 10.5. The standard InChI is InChI=1S/C15H18Cl2N2O3/c1-2-12(15(21)22)18-6-8-19(9-7-18)14(20)13-10(16)4-3-5-11(13)17/h3-5,12H,2,6-9H2,1H3,(H,21,22). The number of halogens is 2. The first-order valence-electron chi connectivity index (χ1n) is 7.15. The van der Waals surface area contributed by atoms with Gasteiger partial charge in [0.25, 0.3) is 5.91 Å². The average Bonchev–Trinajstić information content (AvgIpc) is 2.48. The van der Waals surface area contributed by atoms with Crippen LogP contribution in [0.25, 0.3) is 0 Å². The Bertz CT molecular complexity index is 552. The van der Waals surface area contributed by atoms with Crippen molar-refractivity contribution in [1.82, 2.24) is 9.80 Å². The lowest BCUT2D eigenvalue weighted by molar-refractivity contribution is -0.144. The van der Waals surface area contributed by atoms with Gasteiger partial charge in [-0.3, -0.25) is 14.5 Å². The van der Waals surface area contributed by atoms with E-state index in [0.717, 1.165) is 0 Å². The maximum Gasteiger partial charge on any atom is 0.320 e. The molecule has 1 aromatic carbocycles. The molecule has 1 heterocycles. The SMILES string of the molecule is CCC(C(=O)O)N1CCN(C(=O)c2c(Cl)cccc2Cl)CC1. The van der Waals surface area contributed by atoms with Crippen LogP contribution in [0.1, 0.15) is 23.7 Å². The number of hydrogen-bond donors (Lipinski definition) is 1. The minimum atomic E-state index is -0.823. The molecule has 5 nitrogen and oxygen atoms in total. The molecule has 0 spiro atoms. The zero-order chi connectivity index (χ0) is 16.3. The summed E-state index contributed by atoms with van der Waals surface area (Å²) in [5, 5.41) is 9.86. The Kier molecular flexibility index (Phi) is 5.67. The van der Waals surface area contributed by atoms with Crippen LogP contribution in [-0.2, 0) is 4.79 Å². The van der Waals surface area contributed by atoms with Crippen LogP contribution < -0.4 is 0 Å².